The molecule has 0 aromatic heterocycles. The van der Waals surface area contributed by atoms with Gasteiger partial charge in [0.15, 0.2) is 11.2 Å². The summed E-state index contributed by atoms with van der Waals surface area (Å²) in [7, 11) is -24.5. The third-order valence-electron chi connectivity index (χ3n) is 4.27. The first-order chi connectivity index (χ1) is 14.0. The molecule has 0 aliphatic rings. The van der Waals surface area contributed by atoms with Gasteiger partial charge in [0.05, 0.1) is 0 Å². The molecular formula is C11H24O18P4. The Morgan fingerprint density at radius 1 is 0.576 bits per heavy atom. The van der Waals surface area contributed by atoms with E-state index in [0.717, 1.165) is 0 Å². The Morgan fingerprint density at radius 3 is 0.909 bits per heavy atom. The highest BCUT2D eigenvalue weighted by Crippen LogP contribution is 2.73. The maximum absolute atomic E-state index is 12.0. The molecule has 0 saturated heterocycles. The molecule has 196 valence electrons. The van der Waals surface area contributed by atoms with Gasteiger partial charge < -0.3 is 58.8 Å². The molecule has 0 radical (unpaired) electrons. The van der Waals surface area contributed by atoms with Crippen molar-refractivity contribution in [2.45, 2.75) is 55.5 Å². The van der Waals surface area contributed by atoms with Crippen LogP contribution in [0.25, 0.3) is 0 Å². The molecule has 0 heterocycles. The van der Waals surface area contributed by atoms with Crippen LogP contribution in [0, 0.1) is 0 Å². The first-order valence-corrected chi connectivity index (χ1v) is 14.6. The van der Waals surface area contributed by atoms with E-state index in [1.165, 1.54) is 0 Å². The van der Waals surface area contributed by atoms with Crippen molar-refractivity contribution in [1.82, 2.24) is 0 Å². The number of ether oxygens (including phenoxy) is 2. The predicted molar refractivity (Wildman–Crippen MR) is 103 cm³/mol. The fourth-order valence-electron chi connectivity index (χ4n) is 2.64. The lowest BCUT2D eigenvalue weighted by atomic mass is 10.1. The van der Waals surface area contributed by atoms with Crippen molar-refractivity contribution in [3.63, 3.8) is 0 Å². The lowest BCUT2D eigenvalue weighted by Gasteiger charge is -2.41. The van der Waals surface area contributed by atoms with Gasteiger partial charge in [0.2, 0.25) is 0 Å². The van der Waals surface area contributed by atoms with Gasteiger partial charge in [-0.05, 0) is 27.7 Å². The van der Waals surface area contributed by atoms with Gasteiger partial charge in [0.1, 0.15) is 6.42 Å². The SMILES string of the molecule is CC(C)(OC(=O)CC(=O)OC(C)(C)C(O)(P(=O)(O)O)P(=O)(O)O)C(O)(P(=O)(O)O)P(=O)(O)O. The second-order valence-electron chi connectivity index (χ2n) is 7.59. The third kappa shape index (κ3) is 6.00. The molecule has 0 unspecified atom stereocenters. The summed E-state index contributed by atoms with van der Waals surface area (Å²) < 4.78 is 55.0. The average Bonchev–Trinajstić information content (AvgIpc) is 2.46. The van der Waals surface area contributed by atoms with Crippen molar-refractivity contribution in [2.24, 2.45) is 0 Å². The van der Waals surface area contributed by atoms with E-state index < -0.39 is 70.1 Å². The van der Waals surface area contributed by atoms with Crippen molar-refractivity contribution in [2.75, 3.05) is 0 Å². The molecule has 18 nitrogen and oxygen atoms in total. The van der Waals surface area contributed by atoms with Crippen LogP contribution in [-0.2, 0) is 37.3 Å². The lowest BCUT2D eigenvalue weighted by Crippen LogP contribution is -2.53. The van der Waals surface area contributed by atoms with Crippen LogP contribution in [0.15, 0.2) is 0 Å². The zero-order valence-electron chi connectivity index (χ0n) is 17.2. The summed E-state index contributed by atoms with van der Waals surface area (Å²) in [6.45, 7) is 1.88. The Labute approximate surface area is 185 Å². The van der Waals surface area contributed by atoms with Gasteiger partial charge in [-0.1, -0.05) is 0 Å². The van der Waals surface area contributed by atoms with Gasteiger partial charge in [0, 0.05) is 0 Å². The highest BCUT2D eigenvalue weighted by molar-refractivity contribution is 7.72. The van der Waals surface area contributed by atoms with E-state index in [-0.39, 0.29) is 0 Å². The summed E-state index contributed by atoms with van der Waals surface area (Å²) in [6, 6.07) is 0. The second kappa shape index (κ2) is 9.16. The molecule has 0 rings (SSSR count). The van der Waals surface area contributed by atoms with E-state index in [9.17, 15) is 77.2 Å². The fraction of sp³-hybridized carbons (Fsp3) is 0.818. The molecule has 33 heavy (non-hydrogen) atoms. The highest BCUT2D eigenvalue weighted by atomic mass is 31.2. The molecule has 0 aliphatic heterocycles. The van der Waals surface area contributed by atoms with Crippen molar-refractivity contribution in [3.05, 3.63) is 0 Å². The first-order valence-electron chi connectivity index (χ1n) is 8.10. The molecule has 0 amide bonds. The number of esters is 2. The molecule has 0 aromatic carbocycles. The summed E-state index contributed by atoms with van der Waals surface area (Å²) in [5.41, 5.74) is -6.12. The molecule has 10 N–H and O–H groups in total. The van der Waals surface area contributed by atoms with Crippen molar-refractivity contribution in [1.29, 1.82) is 0 Å². The standard InChI is InChI=1S/C11H24O18P4/c1-8(2,10(14,30(16,17)18)31(19,20)21)28-6(12)5-7(13)29-9(3,4)11(15,32(22,23)24)33(25,26)27/h14-15H,5H2,1-4H3,(H2,16,17,18)(H2,19,20,21)(H2,22,23,24)(H2,25,26,27). The van der Waals surface area contributed by atoms with Crippen LogP contribution in [0.3, 0.4) is 0 Å². The van der Waals surface area contributed by atoms with Crippen LogP contribution in [0.1, 0.15) is 34.1 Å². The summed E-state index contributed by atoms with van der Waals surface area (Å²) in [6.07, 6.45) is -1.64. The van der Waals surface area contributed by atoms with E-state index in [4.69, 9.17) is 0 Å². The van der Waals surface area contributed by atoms with E-state index in [0.29, 0.717) is 27.7 Å². The molecule has 0 aromatic rings. The molecule has 0 atom stereocenters. The minimum absolute atomic E-state index is 0.471. The van der Waals surface area contributed by atoms with Gasteiger partial charge in [-0.15, -0.1) is 0 Å². The van der Waals surface area contributed by atoms with E-state index in [2.05, 4.69) is 9.47 Å². The maximum atomic E-state index is 12.0. The van der Waals surface area contributed by atoms with Crippen LogP contribution < -0.4 is 0 Å². The minimum Gasteiger partial charge on any atom is -0.455 e. The minimum atomic E-state index is -6.12. The maximum Gasteiger partial charge on any atom is 0.373 e. The normalized spacial score (nSPS) is 15.2. The fourth-order valence-corrected chi connectivity index (χ4v) is 8.34. The molecule has 0 spiro atoms. The molecule has 0 bridgehead atoms. The number of carbonyl (C=O) groups is 2. The Morgan fingerprint density at radius 2 is 0.758 bits per heavy atom. The Balaban J connectivity index is 5.92. The highest BCUT2D eigenvalue weighted by Gasteiger charge is 2.71. The van der Waals surface area contributed by atoms with Crippen molar-refractivity contribution >= 4 is 42.3 Å². The number of hydrogen-bond acceptors (Lipinski definition) is 10. The van der Waals surface area contributed by atoms with Gasteiger partial charge in [-0.3, -0.25) is 27.8 Å². The lowest BCUT2D eigenvalue weighted by molar-refractivity contribution is -0.179. The van der Waals surface area contributed by atoms with Crippen LogP contribution in [0.2, 0.25) is 0 Å². The zero-order chi connectivity index (χ0) is 27.3. The van der Waals surface area contributed by atoms with Gasteiger partial charge in [0.25, 0.3) is 0 Å². The van der Waals surface area contributed by atoms with Gasteiger partial charge in [-0.25, -0.2) is 0 Å². The monoisotopic (exact) mass is 568 g/mol. The van der Waals surface area contributed by atoms with Gasteiger partial charge >= 0.3 is 52.5 Å². The Kier molecular flexibility index (Phi) is 9.01. The van der Waals surface area contributed by atoms with Crippen molar-refractivity contribution < 1.29 is 86.7 Å². The predicted octanol–water partition coefficient (Wildman–Crippen LogP) is -1.98. The number of rotatable bonds is 10. The molecule has 22 heteroatoms. The number of aliphatic hydroxyl groups is 2. The van der Waals surface area contributed by atoms with Crippen LogP contribution >= 0.6 is 30.4 Å². The first kappa shape index (κ1) is 32.5. The Hall–Kier alpha value is -0.540. The van der Waals surface area contributed by atoms with E-state index in [1.54, 1.807) is 0 Å². The third-order valence-corrected chi connectivity index (χ3v) is 12.8. The smallest absolute Gasteiger partial charge is 0.373 e. The van der Waals surface area contributed by atoms with Crippen molar-refractivity contribution in [3.8, 4) is 0 Å². The summed E-state index contributed by atoms with van der Waals surface area (Å²) in [4.78, 5) is 97.6. The molecule has 0 aliphatic carbocycles. The second-order valence-corrected chi connectivity index (χ2v) is 15.2. The number of hydrogen-bond donors (Lipinski definition) is 10. The quantitative estimate of drug-likeness (QED) is 0.0775. The van der Waals surface area contributed by atoms with Gasteiger partial charge in [-0.2, -0.15) is 0 Å². The average molecular weight is 568 g/mol. The summed E-state index contributed by atoms with van der Waals surface area (Å²) in [5, 5.41) is 11.5. The Bertz CT molecular complexity index is 851. The van der Waals surface area contributed by atoms with Crippen LogP contribution in [0.5, 0.6) is 0 Å². The topological polar surface area (TPSA) is 323 Å². The molecule has 0 saturated carbocycles. The number of carbonyl (C=O) groups excluding carboxylic acids is 2. The largest absolute Gasteiger partial charge is 0.455 e. The van der Waals surface area contributed by atoms with Crippen LogP contribution in [0.4, 0.5) is 0 Å². The summed E-state index contributed by atoms with van der Waals surface area (Å²) >= 11 is 0. The zero-order valence-corrected chi connectivity index (χ0v) is 20.8. The summed E-state index contributed by atoms with van der Waals surface area (Å²) in [5.74, 6) is -3.73. The molecule has 0 fully saturated rings. The van der Waals surface area contributed by atoms with E-state index >= 15 is 0 Å². The van der Waals surface area contributed by atoms with Crippen LogP contribution in [-0.4, -0.2) is 82.7 Å². The van der Waals surface area contributed by atoms with E-state index in [1.807, 2.05) is 0 Å². The molecular weight excluding hydrogens is 544 g/mol.